The molecule has 1 aliphatic heterocycles. The van der Waals surface area contributed by atoms with Gasteiger partial charge in [-0.2, -0.15) is 0 Å². The summed E-state index contributed by atoms with van der Waals surface area (Å²) in [6, 6.07) is 6.04. The molecule has 1 N–H and O–H groups in total. The van der Waals surface area contributed by atoms with Gasteiger partial charge < -0.3 is 14.6 Å². The minimum atomic E-state index is -3.45. The molecule has 1 amide bonds. The number of fused-ring (bicyclic) bond motifs is 1. The SMILES string of the molecule is CCn1cc(C(=O)N2CCS(=O)(=O)CC2C(=O)O)c2ccccc21. The molecule has 1 fully saturated rings. The number of aliphatic carboxylic acids is 1. The molecule has 2 aromatic rings. The molecule has 0 radical (unpaired) electrons. The zero-order valence-electron chi connectivity index (χ0n) is 13.2. The van der Waals surface area contributed by atoms with E-state index in [1.807, 2.05) is 35.8 Å². The maximum Gasteiger partial charge on any atom is 0.327 e. The molecular weight excluding hydrogens is 332 g/mol. The molecule has 7 nitrogen and oxygen atoms in total. The zero-order valence-corrected chi connectivity index (χ0v) is 14.0. The Morgan fingerprint density at radius 2 is 2.00 bits per heavy atom. The number of nitrogens with zero attached hydrogens (tertiary/aromatic N) is 2. The van der Waals surface area contributed by atoms with Crippen molar-refractivity contribution in [2.45, 2.75) is 19.5 Å². The minimum absolute atomic E-state index is 0.107. The number of aryl methyl sites for hydroxylation is 1. The normalized spacial score (nSPS) is 20.2. The van der Waals surface area contributed by atoms with E-state index in [0.717, 1.165) is 15.8 Å². The average molecular weight is 350 g/mol. The first-order valence-electron chi connectivity index (χ1n) is 7.66. The summed E-state index contributed by atoms with van der Waals surface area (Å²) in [5, 5.41) is 10.1. The second-order valence-electron chi connectivity index (χ2n) is 5.81. The van der Waals surface area contributed by atoms with E-state index in [0.29, 0.717) is 12.1 Å². The van der Waals surface area contributed by atoms with Crippen LogP contribution in [0.15, 0.2) is 30.5 Å². The fourth-order valence-electron chi connectivity index (χ4n) is 3.09. The van der Waals surface area contributed by atoms with Crippen molar-refractivity contribution in [3.8, 4) is 0 Å². The Balaban J connectivity index is 2.04. The van der Waals surface area contributed by atoms with Crippen molar-refractivity contribution in [3.63, 3.8) is 0 Å². The van der Waals surface area contributed by atoms with Gasteiger partial charge in [0.2, 0.25) is 0 Å². The molecule has 0 spiro atoms. The van der Waals surface area contributed by atoms with Crippen molar-refractivity contribution in [2.24, 2.45) is 0 Å². The summed E-state index contributed by atoms with van der Waals surface area (Å²) < 4.78 is 25.4. The molecule has 1 saturated heterocycles. The van der Waals surface area contributed by atoms with Gasteiger partial charge in [-0.05, 0) is 13.0 Å². The van der Waals surface area contributed by atoms with Gasteiger partial charge in [-0.15, -0.1) is 0 Å². The first kappa shape index (κ1) is 16.5. The van der Waals surface area contributed by atoms with Crippen LogP contribution in [0, 0.1) is 0 Å². The summed E-state index contributed by atoms with van der Waals surface area (Å²) in [5.41, 5.74) is 1.29. The van der Waals surface area contributed by atoms with E-state index in [1.54, 1.807) is 6.20 Å². The van der Waals surface area contributed by atoms with Crippen LogP contribution in [0.5, 0.6) is 0 Å². The molecule has 1 aromatic carbocycles. The van der Waals surface area contributed by atoms with Crippen LogP contribution in [0.3, 0.4) is 0 Å². The Kier molecular flexibility index (Phi) is 4.08. The van der Waals surface area contributed by atoms with Gasteiger partial charge >= 0.3 is 5.97 Å². The summed E-state index contributed by atoms with van der Waals surface area (Å²) in [6.45, 7) is 2.52. The van der Waals surface area contributed by atoms with E-state index < -0.39 is 33.5 Å². The largest absolute Gasteiger partial charge is 0.480 e. The lowest BCUT2D eigenvalue weighted by molar-refractivity contribution is -0.141. The predicted molar refractivity (Wildman–Crippen MR) is 88.7 cm³/mol. The van der Waals surface area contributed by atoms with Crippen LogP contribution in [0.1, 0.15) is 17.3 Å². The van der Waals surface area contributed by atoms with Crippen LogP contribution in [-0.2, 0) is 21.2 Å². The van der Waals surface area contributed by atoms with Crippen LogP contribution in [-0.4, -0.2) is 59.0 Å². The van der Waals surface area contributed by atoms with Crippen molar-refractivity contribution < 1.29 is 23.1 Å². The van der Waals surface area contributed by atoms with E-state index in [4.69, 9.17) is 0 Å². The fraction of sp³-hybridized carbons (Fsp3) is 0.375. The monoisotopic (exact) mass is 350 g/mol. The number of hydrogen-bond acceptors (Lipinski definition) is 4. The van der Waals surface area contributed by atoms with Crippen molar-refractivity contribution in [1.82, 2.24) is 9.47 Å². The highest BCUT2D eigenvalue weighted by molar-refractivity contribution is 7.91. The lowest BCUT2D eigenvalue weighted by Crippen LogP contribution is -2.54. The number of carboxylic acids is 1. The van der Waals surface area contributed by atoms with Gasteiger partial charge in [-0.25, -0.2) is 13.2 Å². The van der Waals surface area contributed by atoms with E-state index in [2.05, 4.69) is 0 Å². The highest BCUT2D eigenvalue weighted by Gasteiger charge is 2.39. The van der Waals surface area contributed by atoms with E-state index in [-0.39, 0.29) is 12.3 Å². The highest BCUT2D eigenvalue weighted by atomic mass is 32.2. The molecule has 1 unspecified atom stereocenters. The van der Waals surface area contributed by atoms with Crippen molar-refractivity contribution in [2.75, 3.05) is 18.1 Å². The predicted octanol–water partition coefficient (Wildman–Crippen LogP) is 0.985. The van der Waals surface area contributed by atoms with Crippen molar-refractivity contribution in [1.29, 1.82) is 0 Å². The third-order valence-electron chi connectivity index (χ3n) is 4.34. The summed E-state index contributed by atoms with van der Waals surface area (Å²) >= 11 is 0. The molecule has 1 aromatic heterocycles. The van der Waals surface area contributed by atoms with Gasteiger partial charge in [0.05, 0.1) is 17.1 Å². The number of sulfone groups is 1. The Bertz CT molecular complexity index is 916. The molecule has 8 heteroatoms. The van der Waals surface area contributed by atoms with Crippen LogP contribution < -0.4 is 0 Å². The van der Waals surface area contributed by atoms with E-state index in [9.17, 15) is 23.1 Å². The fourth-order valence-corrected chi connectivity index (χ4v) is 4.53. The van der Waals surface area contributed by atoms with Gasteiger partial charge in [0.1, 0.15) is 6.04 Å². The summed E-state index contributed by atoms with van der Waals surface area (Å²) in [4.78, 5) is 25.5. The molecule has 128 valence electrons. The first-order chi connectivity index (χ1) is 11.3. The average Bonchev–Trinajstić information content (AvgIpc) is 2.92. The number of rotatable bonds is 3. The second kappa shape index (κ2) is 5.94. The van der Waals surface area contributed by atoms with Gasteiger partial charge in [-0.1, -0.05) is 18.2 Å². The standard InChI is InChI=1S/C16H18N2O5S/c1-2-17-9-12(11-5-3-4-6-13(11)17)15(19)18-7-8-24(22,23)10-14(18)16(20)21/h3-6,9,14H,2,7-8,10H2,1H3,(H,20,21). The molecule has 0 bridgehead atoms. The third kappa shape index (κ3) is 2.77. The number of carbonyl (C=O) groups excluding carboxylic acids is 1. The van der Waals surface area contributed by atoms with Crippen LogP contribution >= 0.6 is 0 Å². The number of aromatic nitrogens is 1. The number of benzene rings is 1. The lowest BCUT2D eigenvalue weighted by atomic mass is 10.1. The number of para-hydroxylation sites is 1. The zero-order chi connectivity index (χ0) is 17.5. The third-order valence-corrected chi connectivity index (χ3v) is 5.97. The number of hydrogen-bond donors (Lipinski definition) is 1. The van der Waals surface area contributed by atoms with Gasteiger partial charge in [0.15, 0.2) is 9.84 Å². The Hall–Kier alpha value is -2.35. The highest BCUT2D eigenvalue weighted by Crippen LogP contribution is 2.25. The number of amides is 1. The molecule has 0 aliphatic carbocycles. The van der Waals surface area contributed by atoms with Gasteiger partial charge in [0, 0.05) is 30.2 Å². The summed E-state index contributed by atoms with van der Waals surface area (Å²) in [7, 11) is -3.45. The molecule has 1 aliphatic rings. The molecular formula is C16H18N2O5S. The van der Waals surface area contributed by atoms with Crippen LogP contribution in [0.25, 0.3) is 10.9 Å². The summed E-state index contributed by atoms with van der Waals surface area (Å²) in [6.07, 6.45) is 1.70. The van der Waals surface area contributed by atoms with Crippen molar-refractivity contribution in [3.05, 3.63) is 36.0 Å². The molecule has 0 saturated carbocycles. The van der Waals surface area contributed by atoms with E-state index >= 15 is 0 Å². The number of carboxylic acid groups (broad SMARTS) is 1. The van der Waals surface area contributed by atoms with Gasteiger partial charge in [-0.3, -0.25) is 4.79 Å². The molecule has 2 heterocycles. The summed E-state index contributed by atoms with van der Waals surface area (Å²) in [5.74, 6) is -2.50. The minimum Gasteiger partial charge on any atom is -0.480 e. The first-order valence-corrected chi connectivity index (χ1v) is 9.48. The molecule has 1 atom stereocenters. The topological polar surface area (TPSA) is 96.7 Å². The molecule has 24 heavy (non-hydrogen) atoms. The number of carbonyl (C=O) groups is 2. The Morgan fingerprint density at radius 1 is 1.29 bits per heavy atom. The maximum atomic E-state index is 12.9. The lowest BCUT2D eigenvalue weighted by Gasteiger charge is -2.32. The Labute approximate surface area is 139 Å². The van der Waals surface area contributed by atoms with Gasteiger partial charge in [0.25, 0.3) is 5.91 Å². The van der Waals surface area contributed by atoms with Crippen molar-refractivity contribution >= 4 is 32.6 Å². The smallest absolute Gasteiger partial charge is 0.327 e. The molecule has 3 rings (SSSR count). The van der Waals surface area contributed by atoms with Crippen LogP contribution in [0.4, 0.5) is 0 Å². The quantitative estimate of drug-likeness (QED) is 0.890. The van der Waals surface area contributed by atoms with Crippen LogP contribution in [0.2, 0.25) is 0 Å². The maximum absolute atomic E-state index is 12.9. The Morgan fingerprint density at radius 3 is 2.67 bits per heavy atom. The van der Waals surface area contributed by atoms with E-state index in [1.165, 1.54) is 0 Å². The second-order valence-corrected chi connectivity index (χ2v) is 8.04.